The van der Waals surface area contributed by atoms with Crippen molar-refractivity contribution in [3.8, 4) is 0 Å². The molecule has 0 aromatic rings. The molecule has 0 aliphatic heterocycles. The zero-order valence-corrected chi connectivity index (χ0v) is 33.2. The Labute approximate surface area is 309 Å². The highest BCUT2D eigenvalue weighted by atomic mass is 32.2. The molecule has 0 aliphatic carbocycles. The molecule has 7 nitrogen and oxygen atoms in total. The summed E-state index contributed by atoms with van der Waals surface area (Å²) in [4.78, 5) is 12.6. The van der Waals surface area contributed by atoms with Crippen LogP contribution in [0, 0.1) is 0 Å². The largest absolute Gasteiger partial charge is 0.387 e. The Balaban J connectivity index is 4.04. The van der Waals surface area contributed by atoms with Gasteiger partial charge >= 0.3 is 0 Å². The lowest BCUT2D eigenvalue weighted by Gasteiger charge is -2.22. The third kappa shape index (κ3) is 34.9. The van der Waals surface area contributed by atoms with Gasteiger partial charge in [-0.2, -0.15) is 8.42 Å². The molecule has 0 saturated heterocycles. The van der Waals surface area contributed by atoms with Gasteiger partial charge < -0.3 is 15.5 Å². The molecule has 294 valence electrons. The van der Waals surface area contributed by atoms with Crippen LogP contribution in [-0.2, 0) is 14.9 Å². The van der Waals surface area contributed by atoms with Crippen LogP contribution in [0.3, 0.4) is 0 Å². The highest BCUT2D eigenvalue weighted by molar-refractivity contribution is 7.85. The maximum atomic E-state index is 12.6. The molecular formula is C42H79NO6S. The molecule has 0 aliphatic rings. The Bertz CT molecular complexity index is 948. The van der Waals surface area contributed by atoms with E-state index >= 15 is 0 Å². The monoisotopic (exact) mass is 726 g/mol. The molecule has 4 N–H and O–H groups in total. The van der Waals surface area contributed by atoms with E-state index in [0.717, 1.165) is 44.9 Å². The first-order valence-electron chi connectivity index (χ1n) is 20.8. The summed E-state index contributed by atoms with van der Waals surface area (Å²) in [6.07, 6.45) is 43.5. The standard InChI is InChI=1S/C42H79NO6S/c1-3-5-7-9-11-13-15-17-19-20-21-22-23-25-27-29-31-33-35-37-41(45)42(46)43-39(38-50(47,48)49)40(44)36-34-32-30-28-26-24-18-16-14-12-10-8-6-4-2/h14,16,26,28,34,36,39-41,44-45H,3-13,15,17-25,27,29-33,35,37-38H2,1-2H3,(H,43,46)(H,47,48,49)/b16-14+,28-26+,36-34+. The molecule has 3 atom stereocenters. The van der Waals surface area contributed by atoms with Crippen LogP contribution in [0.2, 0.25) is 0 Å². The van der Waals surface area contributed by atoms with E-state index in [1.54, 1.807) is 6.08 Å². The number of nitrogens with one attached hydrogen (secondary N) is 1. The summed E-state index contributed by atoms with van der Waals surface area (Å²) in [6, 6.07) is -1.25. The van der Waals surface area contributed by atoms with Crippen molar-refractivity contribution >= 4 is 16.0 Å². The Morgan fingerprint density at radius 3 is 1.32 bits per heavy atom. The first kappa shape index (κ1) is 48.5. The normalized spacial score (nSPS) is 14.3. The van der Waals surface area contributed by atoms with Crippen molar-refractivity contribution in [3.05, 3.63) is 36.5 Å². The number of carbonyl (C=O) groups excluding carboxylic acids is 1. The van der Waals surface area contributed by atoms with Crippen LogP contribution in [0.25, 0.3) is 0 Å². The molecule has 50 heavy (non-hydrogen) atoms. The lowest BCUT2D eigenvalue weighted by Crippen LogP contribution is -2.50. The van der Waals surface area contributed by atoms with Crippen LogP contribution in [0.5, 0.6) is 0 Å². The summed E-state index contributed by atoms with van der Waals surface area (Å²) in [6.45, 7) is 4.49. The summed E-state index contributed by atoms with van der Waals surface area (Å²) < 4.78 is 32.5. The molecule has 0 fully saturated rings. The molecule has 3 unspecified atom stereocenters. The Hall–Kier alpha value is -1.48. The van der Waals surface area contributed by atoms with Crippen LogP contribution in [-0.4, -0.2) is 53.1 Å². The second-order valence-electron chi connectivity index (χ2n) is 14.4. The van der Waals surface area contributed by atoms with Gasteiger partial charge in [-0.1, -0.05) is 192 Å². The van der Waals surface area contributed by atoms with E-state index in [-0.39, 0.29) is 6.42 Å². The van der Waals surface area contributed by atoms with E-state index in [2.05, 4.69) is 43.5 Å². The molecule has 1 amide bonds. The van der Waals surface area contributed by atoms with Crippen LogP contribution in [0.1, 0.15) is 200 Å². The predicted octanol–water partition coefficient (Wildman–Crippen LogP) is 11.1. The first-order chi connectivity index (χ1) is 24.2. The Morgan fingerprint density at radius 1 is 0.540 bits per heavy atom. The number of carbonyl (C=O) groups is 1. The van der Waals surface area contributed by atoms with E-state index in [0.29, 0.717) is 12.8 Å². The molecule has 0 bridgehead atoms. The Morgan fingerprint density at radius 2 is 0.900 bits per heavy atom. The fourth-order valence-corrected chi connectivity index (χ4v) is 6.93. The molecule has 0 saturated carbocycles. The van der Waals surface area contributed by atoms with Crippen LogP contribution in [0.4, 0.5) is 0 Å². The van der Waals surface area contributed by atoms with Crippen molar-refractivity contribution in [2.75, 3.05) is 5.75 Å². The number of hydrogen-bond acceptors (Lipinski definition) is 5. The van der Waals surface area contributed by atoms with Gasteiger partial charge in [-0.05, 0) is 44.9 Å². The van der Waals surface area contributed by atoms with E-state index in [9.17, 15) is 28.0 Å². The second kappa shape index (κ2) is 35.9. The van der Waals surface area contributed by atoms with Gasteiger partial charge in [0.2, 0.25) is 5.91 Å². The van der Waals surface area contributed by atoms with Crippen molar-refractivity contribution in [2.24, 2.45) is 0 Å². The van der Waals surface area contributed by atoms with Gasteiger partial charge in [0.25, 0.3) is 10.1 Å². The van der Waals surface area contributed by atoms with Crippen molar-refractivity contribution in [1.82, 2.24) is 5.32 Å². The third-order valence-electron chi connectivity index (χ3n) is 9.40. The maximum absolute atomic E-state index is 12.6. The number of unbranched alkanes of at least 4 members (excludes halogenated alkanes) is 24. The smallest absolute Gasteiger partial charge is 0.267 e. The molecule has 0 aromatic heterocycles. The SMILES string of the molecule is CCCCCC/C=C/CC/C=C/CC/C=C/C(O)C(CS(=O)(=O)O)NC(=O)C(O)CCCCCCCCCCCCCCCCCCCCC. The number of allylic oxidation sites excluding steroid dienone is 5. The second-order valence-corrected chi connectivity index (χ2v) is 15.9. The molecule has 8 heteroatoms. The topological polar surface area (TPSA) is 124 Å². The van der Waals surface area contributed by atoms with Crippen LogP contribution in [0.15, 0.2) is 36.5 Å². The number of amides is 1. The van der Waals surface area contributed by atoms with Crippen molar-refractivity contribution in [1.29, 1.82) is 0 Å². The van der Waals surface area contributed by atoms with E-state index in [1.165, 1.54) is 128 Å². The van der Waals surface area contributed by atoms with E-state index < -0.39 is 40.0 Å². The maximum Gasteiger partial charge on any atom is 0.267 e. The number of aliphatic hydroxyl groups excluding tert-OH is 2. The summed E-state index contributed by atoms with van der Waals surface area (Å²) in [5, 5.41) is 23.4. The molecule has 0 rings (SSSR count). The van der Waals surface area contributed by atoms with E-state index in [1.807, 2.05) is 0 Å². The van der Waals surface area contributed by atoms with Crippen LogP contribution >= 0.6 is 0 Å². The molecule has 0 spiro atoms. The van der Waals surface area contributed by atoms with Gasteiger partial charge in [-0.25, -0.2) is 0 Å². The molecule has 0 aromatic carbocycles. The quantitative estimate of drug-likeness (QED) is 0.0287. The van der Waals surface area contributed by atoms with Gasteiger partial charge in [0.15, 0.2) is 0 Å². The summed E-state index contributed by atoms with van der Waals surface area (Å²) in [7, 11) is -4.45. The summed E-state index contributed by atoms with van der Waals surface area (Å²) in [5.74, 6) is -1.56. The molecule has 0 heterocycles. The number of hydrogen-bond donors (Lipinski definition) is 4. The Kier molecular flexibility index (Phi) is 34.8. The van der Waals surface area contributed by atoms with Gasteiger partial charge in [-0.15, -0.1) is 0 Å². The van der Waals surface area contributed by atoms with Crippen LogP contribution < -0.4 is 5.32 Å². The minimum absolute atomic E-state index is 0.274. The molecule has 0 radical (unpaired) electrons. The fourth-order valence-electron chi connectivity index (χ4n) is 6.19. The summed E-state index contributed by atoms with van der Waals surface area (Å²) >= 11 is 0. The third-order valence-corrected chi connectivity index (χ3v) is 10.2. The minimum Gasteiger partial charge on any atom is -0.387 e. The highest BCUT2D eigenvalue weighted by Gasteiger charge is 2.27. The van der Waals surface area contributed by atoms with Gasteiger partial charge in [0, 0.05) is 0 Å². The zero-order chi connectivity index (χ0) is 37.0. The summed E-state index contributed by atoms with van der Waals surface area (Å²) in [5.41, 5.74) is 0. The zero-order valence-electron chi connectivity index (χ0n) is 32.4. The van der Waals surface area contributed by atoms with E-state index in [4.69, 9.17) is 0 Å². The van der Waals surface area contributed by atoms with Crippen molar-refractivity contribution in [2.45, 2.75) is 218 Å². The van der Waals surface area contributed by atoms with Crippen molar-refractivity contribution in [3.63, 3.8) is 0 Å². The lowest BCUT2D eigenvalue weighted by molar-refractivity contribution is -0.130. The minimum atomic E-state index is -4.45. The number of aliphatic hydroxyl groups is 2. The van der Waals surface area contributed by atoms with Crippen molar-refractivity contribution < 1.29 is 28.0 Å². The predicted molar refractivity (Wildman–Crippen MR) is 213 cm³/mol. The number of rotatable bonds is 37. The fraction of sp³-hybridized carbons (Fsp3) is 0.833. The average molecular weight is 726 g/mol. The highest BCUT2D eigenvalue weighted by Crippen LogP contribution is 2.15. The first-order valence-corrected chi connectivity index (χ1v) is 22.4. The molecular weight excluding hydrogens is 647 g/mol. The average Bonchev–Trinajstić information content (AvgIpc) is 3.08. The van der Waals surface area contributed by atoms with Gasteiger partial charge in [-0.3, -0.25) is 9.35 Å². The lowest BCUT2D eigenvalue weighted by atomic mass is 10.0. The van der Waals surface area contributed by atoms with Gasteiger partial charge in [0.05, 0.1) is 17.9 Å². The van der Waals surface area contributed by atoms with Gasteiger partial charge in [0.1, 0.15) is 6.10 Å².